The molecular weight excluding hydrogens is 238 g/mol. The lowest BCUT2D eigenvalue weighted by Gasteiger charge is -2.13. The van der Waals surface area contributed by atoms with E-state index in [1.54, 1.807) is 11.2 Å². The Kier molecular flexibility index (Phi) is 6.82. The van der Waals surface area contributed by atoms with E-state index >= 15 is 0 Å². The lowest BCUT2D eigenvalue weighted by molar-refractivity contribution is 0.278. The van der Waals surface area contributed by atoms with Crippen LogP contribution in [0.25, 0.3) is 0 Å². The predicted octanol–water partition coefficient (Wildman–Crippen LogP) is 2.26. The van der Waals surface area contributed by atoms with Crippen molar-refractivity contribution >= 4 is 0 Å². The second kappa shape index (κ2) is 8.43. The van der Waals surface area contributed by atoms with Crippen molar-refractivity contribution in [1.82, 2.24) is 5.01 Å². The van der Waals surface area contributed by atoms with Gasteiger partial charge < -0.3 is 15.5 Å². The smallest absolute Gasteiger partial charge is 0.119 e. The third kappa shape index (κ3) is 6.72. The van der Waals surface area contributed by atoms with Crippen LogP contribution in [-0.4, -0.2) is 18.2 Å². The molecule has 1 aromatic rings. The van der Waals surface area contributed by atoms with E-state index in [-0.39, 0.29) is 0 Å². The predicted molar refractivity (Wildman–Crippen MR) is 79.3 cm³/mol. The number of hydrogen-bond donors (Lipinski definition) is 2. The fourth-order valence-corrected chi connectivity index (χ4v) is 1.82. The Bertz CT molecular complexity index is 373. The third-order valence-corrected chi connectivity index (χ3v) is 2.67. The zero-order valence-corrected chi connectivity index (χ0v) is 11.9. The summed E-state index contributed by atoms with van der Waals surface area (Å²) in [5.74, 6) is 7.23. The number of ether oxygens (including phenoxy) is 1. The summed E-state index contributed by atoms with van der Waals surface area (Å²) in [5, 5.41) is 1.55. The molecule has 19 heavy (non-hydrogen) atoms. The summed E-state index contributed by atoms with van der Waals surface area (Å²) in [6.07, 6.45) is 5.03. The number of nitrogens with zero attached hydrogens (tertiary/aromatic N) is 1. The molecule has 0 aromatic heterocycles. The minimum absolute atomic E-state index is 0.648. The van der Waals surface area contributed by atoms with E-state index in [1.165, 1.54) is 11.8 Å². The van der Waals surface area contributed by atoms with Gasteiger partial charge in [0.25, 0.3) is 0 Å². The van der Waals surface area contributed by atoms with Crippen LogP contribution >= 0.6 is 0 Å². The first-order valence-electron chi connectivity index (χ1n) is 6.73. The van der Waals surface area contributed by atoms with Gasteiger partial charge in [0.1, 0.15) is 5.75 Å². The Morgan fingerprint density at radius 2 is 1.95 bits per heavy atom. The van der Waals surface area contributed by atoms with Crippen molar-refractivity contribution in [3.05, 3.63) is 42.2 Å². The molecule has 4 N–H and O–H groups in total. The molecule has 4 nitrogen and oxygen atoms in total. The van der Waals surface area contributed by atoms with Crippen LogP contribution in [-0.2, 0) is 6.42 Å². The number of hydrogen-bond acceptors (Lipinski definition) is 4. The highest BCUT2D eigenvalue weighted by Gasteiger charge is 1.99. The molecule has 0 spiro atoms. The lowest BCUT2D eigenvalue weighted by Crippen LogP contribution is -2.27. The van der Waals surface area contributed by atoms with Gasteiger partial charge in [-0.1, -0.05) is 26.0 Å². The van der Waals surface area contributed by atoms with Gasteiger partial charge in [-0.05, 0) is 30.0 Å². The molecule has 0 fully saturated rings. The quantitative estimate of drug-likeness (QED) is 0.429. The highest BCUT2D eigenvalue weighted by atomic mass is 16.5. The van der Waals surface area contributed by atoms with Crippen LogP contribution in [0.5, 0.6) is 5.75 Å². The number of nitrogens with two attached hydrogens (primary N) is 2. The molecular formula is C15H25N3O. The summed E-state index contributed by atoms with van der Waals surface area (Å²) in [4.78, 5) is 0. The largest absolute Gasteiger partial charge is 0.494 e. The lowest BCUT2D eigenvalue weighted by atomic mass is 10.0. The zero-order valence-electron chi connectivity index (χ0n) is 11.9. The number of benzene rings is 1. The Balaban J connectivity index is 2.26. The molecule has 0 saturated carbocycles. The average Bonchev–Trinajstić information content (AvgIpc) is 2.36. The van der Waals surface area contributed by atoms with Gasteiger partial charge in [-0.3, -0.25) is 0 Å². The maximum atomic E-state index is 5.66. The first kappa shape index (κ1) is 15.4. The van der Waals surface area contributed by atoms with Gasteiger partial charge in [0, 0.05) is 25.4 Å². The van der Waals surface area contributed by atoms with Crippen molar-refractivity contribution in [2.24, 2.45) is 17.5 Å². The van der Waals surface area contributed by atoms with E-state index in [0.717, 1.165) is 25.1 Å². The molecule has 0 aliphatic heterocycles. The number of rotatable bonds is 8. The van der Waals surface area contributed by atoms with Gasteiger partial charge in [-0.15, -0.1) is 0 Å². The minimum atomic E-state index is 0.648. The highest BCUT2D eigenvalue weighted by molar-refractivity contribution is 5.27. The first-order valence-corrected chi connectivity index (χ1v) is 6.73. The highest BCUT2D eigenvalue weighted by Crippen LogP contribution is 2.15. The van der Waals surface area contributed by atoms with Gasteiger partial charge in [0.2, 0.25) is 0 Å². The molecule has 0 heterocycles. The standard InChI is InChI=1S/C15H25N3O/c1-13(2)12-14-4-6-15(7-5-14)19-11-3-9-18(17)10-8-16/h4-8,10,13H,3,9,11-12,16-17H2,1-2H3/b10-8-. The van der Waals surface area contributed by atoms with E-state index in [2.05, 4.69) is 26.0 Å². The molecule has 4 heteroatoms. The van der Waals surface area contributed by atoms with Crippen LogP contribution in [0.1, 0.15) is 25.8 Å². The second-order valence-corrected chi connectivity index (χ2v) is 5.02. The molecule has 106 valence electrons. The third-order valence-electron chi connectivity index (χ3n) is 2.67. The monoisotopic (exact) mass is 263 g/mol. The number of hydrazine groups is 1. The molecule has 0 aliphatic carbocycles. The average molecular weight is 263 g/mol. The van der Waals surface area contributed by atoms with Crippen LogP contribution < -0.4 is 16.3 Å². The SMILES string of the molecule is CC(C)Cc1ccc(OCCCN(N)/C=C\N)cc1. The first-order chi connectivity index (χ1) is 9.11. The Morgan fingerprint density at radius 1 is 1.26 bits per heavy atom. The summed E-state index contributed by atoms with van der Waals surface area (Å²) in [7, 11) is 0. The van der Waals surface area contributed by atoms with Crippen LogP contribution in [0.2, 0.25) is 0 Å². The van der Waals surface area contributed by atoms with Crippen molar-refractivity contribution in [2.75, 3.05) is 13.2 Å². The van der Waals surface area contributed by atoms with Crippen molar-refractivity contribution in [1.29, 1.82) is 0 Å². The summed E-state index contributed by atoms with van der Waals surface area (Å²) in [6, 6.07) is 8.30. The van der Waals surface area contributed by atoms with Crippen molar-refractivity contribution < 1.29 is 4.74 Å². The molecule has 0 saturated heterocycles. The van der Waals surface area contributed by atoms with E-state index in [4.69, 9.17) is 16.3 Å². The maximum absolute atomic E-state index is 5.66. The van der Waals surface area contributed by atoms with Crippen molar-refractivity contribution in [2.45, 2.75) is 26.7 Å². The van der Waals surface area contributed by atoms with Crippen LogP contribution in [0.15, 0.2) is 36.7 Å². The van der Waals surface area contributed by atoms with E-state index in [0.29, 0.717) is 12.5 Å². The second-order valence-electron chi connectivity index (χ2n) is 5.02. The normalized spacial score (nSPS) is 11.2. The van der Waals surface area contributed by atoms with Crippen LogP contribution in [0.3, 0.4) is 0 Å². The topological polar surface area (TPSA) is 64.5 Å². The van der Waals surface area contributed by atoms with E-state index < -0.39 is 0 Å². The van der Waals surface area contributed by atoms with Gasteiger partial charge in [0.05, 0.1) is 6.61 Å². The van der Waals surface area contributed by atoms with E-state index in [1.807, 2.05) is 12.1 Å². The molecule has 0 radical (unpaired) electrons. The molecule has 0 unspecified atom stereocenters. The molecule has 0 amide bonds. The molecule has 1 aromatic carbocycles. The molecule has 1 rings (SSSR count). The zero-order chi connectivity index (χ0) is 14.1. The maximum Gasteiger partial charge on any atom is 0.119 e. The Labute approximate surface area is 116 Å². The summed E-state index contributed by atoms with van der Waals surface area (Å²) in [6.45, 7) is 5.81. The fraction of sp³-hybridized carbons (Fsp3) is 0.467. The van der Waals surface area contributed by atoms with Gasteiger partial charge in [-0.25, -0.2) is 5.84 Å². The molecule has 0 atom stereocenters. The van der Waals surface area contributed by atoms with Crippen LogP contribution in [0, 0.1) is 5.92 Å². The fourth-order valence-electron chi connectivity index (χ4n) is 1.82. The van der Waals surface area contributed by atoms with Crippen molar-refractivity contribution in [3.8, 4) is 5.75 Å². The van der Waals surface area contributed by atoms with Gasteiger partial charge >= 0.3 is 0 Å². The molecule has 0 aliphatic rings. The summed E-state index contributed by atoms with van der Waals surface area (Å²) < 4.78 is 5.66. The summed E-state index contributed by atoms with van der Waals surface area (Å²) >= 11 is 0. The van der Waals surface area contributed by atoms with E-state index in [9.17, 15) is 0 Å². The molecule has 0 bridgehead atoms. The Hall–Kier alpha value is -1.68. The van der Waals surface area contributed by atoms with Gasteiger partial charge in [-0.2, -0.15) is 0 Å². The van der Waals surface area contributed by atoms with Gasteiger partial charge in [0.15, 0.2) is 0 Å². The minimum Gasteiger partial charge on any atom is -0.494 e. The summed E-state index contributed by atoms with van der Waals surface area (Å²) in [5.41, 5.74) is 6.59. The van der Waals surface area contributed by atoms with Crippen molar-refractivity contribution in [3.63, 3.8) is 0 Å². The van der Waals surface area contributed by atoms with Crippen LogP contribution in [0.4, 0.5) is 0 Å². The Morgan fingerprint density at radius 3 is 2.53 bits per heavy atom.